The molecule has 1 amide bonds. The molecule has 0 saturated carbocycles. The molecule has 1 unspecified atom stereocenters. The second-order valence-corrected chi connectivity index (χ2v) is 4.80. The number of nitrogens with zero attached hydrogens (tertiary/aromatic N) is 1. The zero-order valence-corrected chi connectivity index (χ0v) is 10.5. The highest BCUT2D eigenvalue weighted by Gasteiger charge is 2.36. The third kappa shape index (κ3) is 3.19. The van der Waals surface area contributed by atoms with Gasteiger partial charge in [0.05, 0.1) is 5.41 Å². The summed E-state index contributed by atoms with van der Waals surface area (Å²) in [5.41, 5.74) is -0.246. The van der Waals surface area contributed by atoms with Crippen LogP contribution in [0.5, 0.6) is 0 Å². The Balaban J connectivity index is 2.58. The van der Waals surface area contributed by atoms with Gasteiger partial charge in [0.25, 0.3) is 0 Å². The van der Waals surface area contributed by atoms with Gasteiger partial charge >= 0.3 is 0 Å². The van der Waals surface area contributed by atoms with E-state index < -0.39 is 0 Å². The molecule has 0 spiro atoms. The van der Waals surface area contributed by atoms with Crippen LogP contribution in [0.2, 0.25) is 0 Å². The van der Waals surface area contributed by atoms with Gasteiger partial charge < -0.3 is 15.3 Å². The van der Waals surface area contributed by atoms with Crippen LogP contribution in [-0.4, -0.2) is 48.7 Å². The number of hydrogen-bond donors (Lipinski definition) is 2. The molecule has 1 aliphatic heterocycles. The van der Waals surface area contributed by atoms with E-state index in [0.29, 0.717) is 13.0 Å². The Morgan fingerprint density at radius 2 is 2.31 bits per heavy atom. The first-order valence-corrected chi connectivity index (χ1v) is 6.25. The average molecular weight is 228 g/mol. The van der Waals surface area contributed by atoms with Crippen molar-refractivity contribution in [2.45, 2.75) is 33.1 Å². The number of carbonyl (C=O) groups is 1. The van der Waals surface area contributed by atoms with Crippen LogP contribution in [0.1, 0.15) is 33.1 Å². The van der Waals surface area contributed by atoms with Crippen molar-refractivity contribution < 1.29 is 9.90 Å². The first-order valence-electron chi connectivity index (χ1n) is 6.25. The lowest BCUT2D eigenvalue weighted by Crippen LogP contribution is -2.50. The maximum Gasteiger partial charge on any atom is 0.229 e. The Bertz CT molecular complexity index is 225. The fraction of sp³-hybridized carbons (Fsp3) is 0.917. The van der Waals surface area contributed by atoms with E-state index in [-0.39, 0.29) is 17.9 Å². The van der Waals surface area contributed by atoms with Crippen molar-refractivity contribution in [3.05, 3.63) is 0 Å². The minimum Gasteiger partial charge on any atom is -0.396 e. The van der Waals surface area contributed by atoms with Crippen molar-refractivity contribution in [2.75, 3.05) is 32.8 Å². The molecule has 1 fully saturated rings. The summed E-state index contributed by atoms with van der Waals surface area (Å²) in [6, 6.07) is 0. The number of piperidine rings is 1. The Kier molecular flexibility index (Phi) is 5.22. The van der Waals surface area contributed by atoms with E-state index >= 15 is 0 Å². The van der Waals surface area contributed by atoms with Crippen molar-refractivity contribution in [3.8, 4) is 0 Å². The number of hydrogen-bond acceptors (Lipinski definition) is 3. The molecule has 2 N–H and O–H groups in total. The van der Waals surface area contributed by atoms with Gasteiger partial charge in [-0.3, -0.25) is 4.79 Å². The van der Waals surface area contributed by atoms with Gasteiger partial charge in [0.15, 0.2) is 0 Å². The minimum absolute atomic E-state index is 0.152. The zero-order chi connectivity index (χ0) is 12.0. The van der Waals surface area contributed by atoms with Crippen LogP contribution < -0.4 is 5.32 Å². The maximum absolute atomic E-state index is 12.4. The third-order valence-corrected chi connectivity index (χ3v) is 3.37. The molecule has 0 aromatic carbocycles. The Morgan fingerprint density at radius 3 is 2.81 bits per heavy atom. The van der Waals surface area contributed by atoms with Gasteiger partial charge in [-0.25, -0.2) is 0 Å². The van der Waals surface area contributed by atoms with Crippen molar-refractivity contribution >= 4 is 5.91 Å². The predicted octanol–water partition coefficient (Wildman–Crippen LogP) is 0.607. The molecule has 1 rings (SSSR count). The molecular weight excluding hydrogens is 204 g/mol. The van der Waals surface area contributed by atoms with E-state index in [1.54, 1.807) is 0 Å². The molecule has 16 heavy (non-hydrogen) atoms. The Hall–Kier alpha value is -0.610. The molecule has 4 nitrogen and oxygen atoms in total. The molecule has 1 atom stereocenters. The predicted molar refractivity (Wildman–Crippen MR) is 64.2 cm³/mol. The summed E-state index contributed by atoms with van der Waals surface area (Å²) < 4.78 is 0. The van der Waals surface area contributed by atoms with Crippen molar-refractivity contribution in [3.63, 3.8) is 0 Å². The molecule has 0 bridgehead atoms. The molecule has 0 radical (unpaired) electrons. The lowest BCUT2D eigenvalue weighted by molar-refractivity contribution is -0.142. The van der Waals surface area contributed by atoms with Crippen LogP contribution in [0.15, 0.2) is 0 Å². The monoisotopic (exact) mass is 228 g/mol. The molecule has 1 saturated heterocycles. The maximum atomic E-state index is 12.4. The second kappa shape index (κ2) is 6.21. The summed E-state index contributed by atoms with van der Waals surface area (Å²) in [7, 11) is 0. The number of nitrogens with one attached hydrogen (secondary N) is 1. The van der Waals surface area contributed by atoms with E-state index in [9.17, 15) is 4.79 Å². The smallest absolute Gasteiger partial charge is 0.229 e. The van der Waals surface area contributed by atoms with Gasteiger partial charge in [-0.1, -0.05) is 0 Å². The van der Waals surface area contributed by atoms with Crippen LogP contribution >= 0.6 is 0 Å². The summed E-state index contributed by atoms with van der Waals surface area (Å²) in [5.74, 6) is 0.232. The van der Waals surface area contributed by atoms with Crippen LogP contribution in [0, 0.1) is 5.41 Å². The van der Waals surface area contributed by atoms with E-state index in [0.717, 1.165) is 32.5 Å². The largest absolute Gasteiger partial charge is 0.396 e. The minimum atomic E-state index is -0.246. The Labute approximate surface area is 98.0 Å². The first kappa shape index (κ1) is 13.5. The fourth-order valence-corrected chi connectivity index (χ4v) is 2.29. The lowest BCUT2D eigenvalue weighted by Gasteiger charge is -2.37. The number of carbonyl (C=O) groups excluding carboxylic acids is 1. The van der Waals surface area contributed by atoms with Gasteiger partial charge in [-0.05, 0) is 39.7 Å². The molecule has 1 heterocycles. The van der Waals surface area contributed by atoms with E-state index in [2.05, 4.69) is 5.32 Å². The van der Waals surface area contributed by atoms with E-state index in [1.165, 1.54) is 0 Å². The highest BCUT2D eigenvalue weighted by Crippen LogP contribution is 2.27. The zero-order valence-electron chi connectivity index (χ0n) is 10.5. The summed E-state index contributed by atoms with van der Waals surface area (Å²) in [6.07, 6.45) is 2.71. The molecule has 4 heteroatoms. The highest BCUT2D eigenvalue weighted by molar-refractivity contribution is 5.82. The topological polar surface area (TPSA) is 52.6 Å². The van der Waals surface area contributed by atoms with Gasteiger partial charge in [0, 0.05) is 26.2 Å². The third-order valence-electron chi connectivity index (χ3n) is 3.37. The number of aliphatic hydroxyl groups is 1. The molecule has 1 aliphatic rings. The van der Waals surface area contributed by atoms with Gasteiger partial charge in [-0.2, -0.15) is 0 Å². The van der Waals surface area contributed by atoms with E-state index in [4.69, 9.17) is 5.11 Å². The standard InChI is InChI=1S/C12H24N2O2/c1-3-14(8-5-9-15)11(16)12(2)6-4-7-13-10-12/h13,15H,3-10H2,1-2H3. The molecular formula is C12H24N2O2. The Morgan fingerprint density at radius 1 is 1.56 bits per heavy atom. The van der Waals surface area contributed by atoms with Crippen LogP contribution in [0.3, 0.4) is 0 Å². The number of aliphatic hydroxyl groups excluding tert-OH is 1. The lowest BCUT2D eigenvalue weighted by atomic mass is 9.81. The molecule has 0 aliphatic carbocycles. The van der Waals surface area contributed by atoms with Gasteiger partial charge in [0.2, 0.25) is 5.91 Å². The van der Waals surface area contributed by atoms with Crippen molar-refractivity contribution in [2.24, 2.45) is 5.41 Å². The van der Waals surface area contributed by atoms with Gasteiger partial charge in [0.1, 0.15) is 0 Å². The summed E-state index contributed by atoms with van der Waals surface area (Å²) in [6.45, 7) is 7.39. The highest BCUT2D eigenvalue weighted by atomic mass is 16.3. The fourth-order valence-electron chi connectivity index (χ4n) is 2.29. The summed E-state index contributed by atoms with van der Waals surface area (Å²) >= 11 is 0. The SMILES string of the molecule is CCN(CCCO)C(=O)C1(C)CCCNC1. The second-order valence-electron chi connectivity index (χ2n) is 4.80. The average Bonchev–Trinajstić information content (AvgIpc) is 2.31. The normalized spacial score (nSPS) is 25.4. The van der Waals surface area contributed by atoms with Crippen molar-refractivity contribution in [1.29, 1.82) is 0 Å². The summed E-state index contributed by atoms with van der Waals surface area (Å²) in [4.78, 5) is 14.2. The molecule has 94 valence electrons. The number of rotatable bonds is 5. The first-order chi connectivity index (χ1) is 7.64. The van der Waals surface area contributed by atoms with Crippen LogP contribution in [-0.2, 0) is 4.79 Å². The van der Waals surface area contributed by atoms with Crippen LogP contribution in [0.4, 0.5) is 0 Å². The van der Waals surface area contributed by atoms with E-state index in [1.807, 2.05) is 18.7 Å². The van der Waals surface area contributed by atoms with Crippen LogP contribution in [0.25, 0.3) is 0 Å². The van der Waals surface area contributed by atoms with Crippen molar-refractivity contribution in [1.82, 2.24) is 10.2 Å². The number of amides is 1. The van der Waals surface area contributed by atoms with Gasteiger partial charge in [-0.15, -0.1) is 0 Å². The quantitative estimate of drug-likeness (QED) is 0.725. The summed E-state index contributed by atoms with van der Waals surface area (Å²) in [5, 5.41) is 12.1. The molecule has 0 aromatic heterocycles. The molecule has 0 aromatic rings.